The molecule has 0 unspecified atom stereocenters. The van der Waals surface area contributed by atoms with Crippen molar-refractivity contribution in [3.05, 3.63) is 22.6 Å². The van der Waals surface area contributed by atoms with Gasteiger partial charge < -0.3 is 5.11 Å². The molecule has 2 rings (SSSR count). The number of aromatic nitrogens is 3. The first-order chi connectivity index (χ1) is 7.08. The second kappa shape index (κ2) is 3.65. The van der Waals surface area contributed by atoms with Crippen LogP contribution >= 0.6 is 15.9 Å². The second-order valence-electron chi connectivity index (χ2n) is 2.73. The van der Waals surface area contributed by atoms with E-state index in [1.165, 1.54) is 12.3 Å². The molecule has 0 saturated carbocycles. The Kier molecular flexibility index (Phi) is 2.47. The summed E-state index contributed by atoms with van der Waals surface area (Å²) in [5.41, 5.74) is 0.273. The zero-order valence-corrected chi connectivity index (χ0v) is 8.74. The van der Waals surface area contributed by atoms with Gasteiger partial charge in [-0.05, 0) is 22.0 Å². The van der Waals surface area contributed by atoms with Crippen LogP contribution in [0.5, 0.6) is 5.88 Å². The minimum Gasteiger partial charge on any atom is -0.492 e. The second-order valence-corrected chi connectivity index (χ2v) is 3.64. The molecule has 2 aromatic heterocycles. The Morgan fingerprint density at radius 1 is 1.33 bits per heavy atom. The minimum atomic E-state index is -2.82. The van der Waals surface area contributed by atoms with Crippen molar-refractivity contribution in [2.75, 3.05) is 0 Å². The number of alkyl halides is 2. The number of rotatable bonds is 1. The maximum absolute atomic E-state index is 12.3. The molecule has 0 radical (unpaired) electrons. The lowest BCUT2D eigenvalue weighted by Gasteiger charge is -2.02. The molecule has 0 bridgehead atoms. The molecule has 0 spiro atoms. The van der Waals surface area contributed by atoms with Crippen LogP contribution in [0.4, 0.5) is 8.78 Å². The fraction of sp³-hybridized carbons (Fsp3) is 0.125. The average molecular weight is 276 g/mol. The molecule has 2 aromatic rings. The van der Waals surface area contributed by atoms with Crippen LogP contribution in [0.2, 0.25) is 0 Å². The molecule has 78 valence electrons. The highest BCUT2D eigenvalue weighted by molar-refractivity contribution is 9.10. The van der Waals surface area contributed by atoms with E-state index in [9.17, 15) is 13.9 Å². The van der Waals surface area contributed by atoms with Crippen LogP contribution in [0.1, 0.15) is 12.2 Å². The number of pyridine rings is 1. The van der Waals surface area contributed by atoms with Crippen molar-refractivity contribution < 1.29 is 13.9 Å². The summed E-state index contributed by atoms with van der Waals surface area (Å²) in [6.07, 6.45) is -1.40. The summed E-state index contributed by atoms with van der Waals surface area (Å²) in [6, 6.07) is 1.48. The molecular weight excluding hydrogens is 272 g/mol. The first-order valence-corrected chi connectivity index (χ1v) is 4.67. The van der Waals surface area contributed by atoms with Gasteiger partial charge in [0.25, 0.3) is 6.43 Å². The standard InChI is InChI=1S/C8H4BrF2N3O/c9-3-1-4-5(12-2-3)8(15)14-7(13-4)6(10)11/h1-2,6H,(H,13,14,15). The van der Waals surface area contributed by atoms with E-state index >= 15 is 0 Å². The fourth-order valence-corrected chi connectivity index (χ4v) is 1.41. The molecule has 0 fully saturated rings. The largest absolute Gasteiger partial charge is 0.492 e. The molecular formula is C8H4BrF2N3O. The summed E-state index contributed by atoms with van der Waals surface area (Å²) in [4.78, 5) is 10.6. The molecule has 0 aliphatic rings. The van der Waals surface area contributed by atoms with Gasteiger partial charge in [-0.2, -0.15) is 4.98 Å². The Morgan fingerprint density at radius 3 is 2.73 bits per heavy atom. The van der Waals surface area contributed by atoms with Crippen LogP contribution in [0.3, 0.4) is 0 Å². The van der Waals surface area contributed by atoms with Crippen molar-refractivity contribution in [3.63, 3.8) is 0 Å². The number of hydrogen-bond acceptors (Lipinski definition) is 4. The van der Waals surface area contributed by atoms with Crippen LogP contribution in [0.25, 0.3) is 11.0 Å². The predicted molar refractivity (Wildman–Crippen MR) is 51.7 cm³/mol. The zero-order chi connectivity index (χ0) is 11.0. The number of hydrogen-bond donors (Lipinski definition) is 1. The van der Waals surface area contributed by atoms with Gasteiger partial charge >= 0.3 is 0 Å². The van der Waals surface area contributed by atoms with Crippen molar-refractivity contribution in [1.29, 1.82) is 0 Å². The van der Waals surface area contributed by atoms with E-state index in [1.807, 2.05) is 0 Å². The average Bonchev–Trinajstić information content (AvgIpc) is 2.16. The fourth-order valence-electron chi connectivity index (χ4n) is 1.09. The molecule has 0 aromatic carbocycles. The van der Waals surface area contributed by atoms with Gasteiger partial charge in [-0.1, -0.05) is 0 Å². The van der Waals surface area contributed by atoms with E-state index < -0.39 is 18.1 Å². The van der Waals surface area contributed by atoms with Gasteiger partial charge in [0.1, 0.15) is 0 Å². The van der Waals surface area contributed by atoms with E-state index in [4.69, 9.17) is 0 Å². The van der Waals surface area contributed by atoms with E-state index in [-0.39, 0.29) is 11.0 Å². The Balaban J connectivity index is 2.74. The highest BCUT2D eigenvalue weighted by atomic mass is 79.9. The summed E-state index contributed by atoms with van der Waals surface area (Å²) in [6.45, 7) is 0. The lowest BCUT2D eigenvalue weighted by molar-refractivity contribution is 0.139. The maximum Gasteiger partial charge on any atom is 0.297 e. The summed E-state index contributed by atoms with van der Waals surface area (Å²) in [5.74, 6) is -1.25. The summed E-state index contributed by atoms with van der Waals surface area (Å²) < 4.78 is 25.2. The minimum absolute atomic E-state index is 0.0996. The van der Waals surface area contributed by atoms with Crippen LogP contribution in [0.15, 0.2) is 16.7 Å². The lowest BCUT2D eigenvalue weighted by Crippen LogP contribution is -1.97. The molecule has 7 heteroatoms. The van der Waals surface area contributed by atoms with E-state index in [0.29, 0.717) is 4.47 Å². The topological polar surface area (TPSA) is 58.9 Å². The number of aromatic hydroxyl groups is 1. The highest BCUT2D eigenvalue weighted by Gasteiger charge is 2.15. The first-order valence-electron chi connectivity index (χ1n) is 3.88. The molecule has 2 heterocycles. The Labute approximate surface area is 91.1 Å². The van der Waals surface area contributed by atoms with Crippen molar-refractivity contribution in [2.45, 2.75) is 6.43 Å². The highest BCUT2D eigenvalue weighted by Crippen LogP contribution is 2.25. The molecule has 4 nitrogen and oxygen atoms in total. The van der Waals surface area contributed by atoms with Crippen LogP contribution in [0, 0.1) is 0 Å². The predicted octanol–water partition coefficient (Wildman–Crippen LogP) is 2.43. The zero-order valence-electron chi connectivity index (χ0n) is 7.15. The summed E-state index contributed by atoms with van der Waals surface area (Å²) in [5, 5.41) is 9.33. The number of fused-ring (bicyclic) bond motifs is 1. The van der Waals surface area contributed by atoms with Crippen molar-refractivity contribution in [2.24, 2.45) is 0 Å². The van der Waals surface area contributed by atoms with Crippen LogP contribution in [-0.2, 0) is 0 Å². The van der Waals surface area contributed by atoms with Gasteiger partial charge in [-0.15, -0.1) is 0 Å². The Bertz CT molecular complexity index is 520. The number of halogens is 3. The first kappa shape index (κ1) is 10.2. The van der Waals surface area contributed by atoms with Gasteiger partial charge in [0.15, 0.2) is 11.3 Å². The third kappa shape index (κ3) is 1.87. The third-order valence-corrected chi connectivity index (χ3v) is 2.13. The van der Waals surface area contributed by atoms with Gasteiger partial charge in [-0.3, -0.25) is 0 Å². The van der Waals surface area contributed by atoms with Gasteiger partial charge in [0.2, 0.25) is 5.88 Å². The Morgan fingerprint density at radius 2 is 2.07 bits per heavy atom. The molecule has 0 atom stereocenters. The number of nitrogens with zero attached hydrogens (tertiary/aromatic N) is 3. The SMILES string of the molecule is Oc1nc(C(F)F)nc2cc(Br)cnc12. The summed E-state index contributed by atoms with van der Waals surface area (Å²) >= 11 is 3.13. The molecule has 0 saturated heterocycles. The van der Waals surface area contributed by atoms with Gasteiger partial charge in [0, 0.05) is 10.7 Å². The summed E-state index contributed by atoms with van der Waals surface area (Å²) in [7, 11) is 0. The third-order valence-electron chi connectivity index (χ3n) is 1.70. The van der Waals surface area contributed by atoms with Crippen molar-refractivity contribution in [1.82, 2.24) is 15.0 Å². The molecule has 0 aliphatic heterocycles. The lowest BCUT2D eigenvalue weighted by atomic mass is 10.3. The van der Waals surface area contributed by atoms with E-state index in [0.717, 1.165) is 0 Å². The quantitative estimate of drug-likeness (QED) is 0.869. The van der Waals surface area contributed by atoms with Crippen LogP contribution in [-0.4, -0.2) is 20.1 Å². The molecule has 0 amide bonds. The molecule has 0 aliphatic carbocycles. The maximum atomic E-state index is 12.3. The van der Waals surface area contributed by atoms with E-state index in [1.54, 1.807) is 0 Å². The molecule has 1 N–H and O–H groups in total. The van der Waals surface area contributed by atoms with Crippen LogP contribution < -0.4 is 0 Å². The Hall–Kier alpha value is -1.37. The van der Waals surface area contributed by atoms with Gasteiger partial charge in [-0.25, -0.2) is 18.7 Å². The normalized spacial score (nSPS) is 11.2. The van der Waals surface area contributed by atoms with Gasteiger partial charge in [0.05, 0.1) is 5.52 Å². The molecule has 15 heavy (non-hydrogen) atoms. The smallest absolute Gasteiger partial charge is 0.297 e. The monoisotopic (exact) mass is 275 g/mol. The van der Waals surface area contributed by atoms with Crippen molar-refractivity contribution >= 4 is 27.0 Å². The van der Waals surface area contributed by atoms with Crippen molar-refractivity contribution in [3.8, 4) is 5.88 Å². The van der Waals surface area contributed by atoms with E-state index in [2.05, 4.69) is 30.9 Å².